The van der Waals surface area contributed by atoms with E-state index in [2.05, 4.69) is 4.98 Å². The van der Waals surface area contributed by atoms with Gasteiger partial charge in [-0.15, -0.1) is 11.3 Å². The molecule has 0 bridgehead atoms. The summed E-state index contributed by atoms with van der Waals surface area (Å²) in [5.41, 5.74) is 0. The first-order valence-corrected chi connectivity index (χ1v) is 6.70. The lowest BCUT2D eigenvalue weighted by Crippen LogP contribution is -2.50. The van der Waals surface area contributed by atoms with E-state index < -0.39 is 0 Å². The third kappa shape index (κ3) is 2.79. The molecule has 1 aromatic rings. The molecular weight excluding hydrogens is 254 g/mol. The van der Waals surface area contributed by atoms with Crippen molar-refractivity contribution in [3.63, 3.8) is 0 Å². The van der Waals surface area contributed by atoms with Crippen molar-refractivity contribution in [2.24, 2.45) is 0 Å². The van der Waals surface area contributed by atoms with Crippen LogP contribution in [0.5, 0.6) is 0 Å². The quantitative estimate of drug-likeness (QED) is 0.805. The number of hydrogen-bond acceptors (Lipinski definition) is 5. The zero-order valence-corrected chi connectivity index (χ0v) is 11.0. The summed E-state index contributed by atoms with van der Waals surface area (Å²) in [5, 5.41) is 2.28. The van der Waals surface area contributed by atoms with E-state index in [0.717, 1.165) is 0 Å². The van der Waals surface area contributed by atoms with Gasteiger partial charge in [0.25, 0.3) is 5.91 Å². The van der Waals surface area contributed by atoms with Crippen LogP contribution in [-0.2, 0) is 4.74 Å². The molecule has 6 nitrogen and oxygen atoms in total. The molecule has 0 saturated carbocycles. The maximum Gasteiger partial charge on any atom is 0.409 e. The predicted molar refractivity (Wildman–Crippen MR) is 66.6 cm³/mol. The number of hydrogen-bond donors (Lipinski definition) is 0. The van der Waals surface area contributed by atoms with E-state index in [4.69, 9.17) is 4.74 Å². The number of nitrogens with zero attached hydrogens (tertiary/aromatic N) is 3. The van der Waals surface area contributed by atoms with Gasteiger partial charge in [-0.2, -0.15) is 0 Å². The molecule has 2 rings (SSSR count). The van der Waals surface area contributed by atoms with Crippen molar-refractivity contribution in [3.05, 3.63) is 16.6 Å². The molecule has 0 aliphatic carbocycles. The van der Waals surface area contributed by atoms with Gasteiger partial charge in [-0.25, -0.2) is 9.78 Å². The van der Waals surface area contributed by atoms with Gasteiger partial charge in [0.15, 0.2) is 5.01 Å². The molecule has 0 unspecified atom stereocenters. The van der Waals surface area contributed by atoms with Crippen molar-refractivity contribution < 1.29 is 14.3 Å². The normalized spacial score (nSPS) is 15.6. The maximum absolute atomic E-state index is 12.0. The summed E-state index contributed by atoms with van der Waals surface area (Å²) in [6.07, 6.45) is 1.31. The van der Waals surface area contributed by atoms with Crippen LogP contribution in [0, 0.1) is 0 Å². The Hall–Kier alpha value is -1.63. The van der Waals surface area contributed by atoms with Gasteiger partial charge in [0.05, 0.1) is 6.61 Å². The van der Waals surface area contributed by atoms with Gasteiger partial charge in [0.1, 0.15) is 0 Å². The molecule has 1 aromatic heterocycles. The minimum atomic E-state index is -0.307. The van der Waals surface area contributed by atoms with E-state index in [9.17, 15) is 9.59 Å². The van der Waals surface area contributed by atoms with Crippen molar-refractivity contribution in [1.82, 2.24) is 14.8 Å². The molecule has 1 saturated heterocycles. The van der Waals surface area contributed by atoms with Gasteiger partial charge in [0, 0.05) is 37.8 Å². The molecule has 1 aliphatic heterocycles. The summed E-state index contributed by atoms with van der Waals surface area (Å²) in [7, 11) is 0. The van der Waals surface area contributed by atoms with Gasteiger partial charge in [-0.3, -0.25) is 4.79 Å². The first-order chi connectivity index (χ1) is 8.72. The lowest BCUT2D eigenvalue weighted by Gasteiger charge is -2.33. The second-order valence-electron chi connectivity index (χ2n) is 3.82. The summed E-state index contributed by atoms with van der Waals surface area (Å²) in [6.45, 7) is 4.22. The summed E-state index contributed by atoms with van der Waals surface area (Å²) in [4.78, 5) is 30.8. The van der Waals surface area contributed by atoms with Gasteiger partial charge < -0.3 is 14.5 Å². The van der Waals surface area contributed by atoms with Crippen molar-refractivity contribution in [3.8, 4) is 0 Å². The minimum absolute atomic E-state index is 0.0616. The summed E-state index contributed by atoms with van der Waals surface area (Å²) < 4.78 is 4.92. The Labute approximate surface area is 109 Å². The van der Waals surface area contributed by atoms with Crippen LogP contribution in [0.4, 0.5) is 4.79 Å². The third-order valence-electron chi connectivity index (χ3n) is 2.71. The number of thiazole rings is 1. The molecule has 0 radical (unpaired) electrons. The first kappa shape index (κ1) is 12.8. The molecule has 0 spiro atoms. The lowest BCUT2D eigenvalue weighted by molar-refractivity contribution is 0.0570. The largest absolute Gasteiger partial charge is 0.450 e. The fourth-order valence-electron chi connectivity index (χ4n) is 1.77. The van der Waals surface area contributed by atoms with Crippen LogP contribution in [0.2, 0.25) is 0 Å². The number of carbonyl (C=O) groups excluding carboxylic acids is 2. The molecule has 18 heavy (non-hydrogen) atoms. The van der Waals surface area contributed by atoms with E-state index in [-0.39, 0.29) is 12.0 Å². The minimum Gasteiger partial charge on any atom is -0.450 e. The number of ether oxygens (including phenoxy) is 1. The van der Waals surface area contributed by atoms with E-state index in [1.807, 2.05) is 0 Å². The van der Waals surface area contributed by atoms with Crippen LogP contribution in [0.1, 0.15) is 16.7 Å². The Morgan fingerprint density at radius 1 is 1.33 bits per heavy atom. The van der Waals surface area contributed by atoms with Crippen molar-refractivity contribution >= 4 is 23.3 Å². The van der Waals surface area contributed by atoms with E-state index >= 15 is 0 Å². The van der Waals surface area contributed by atoms with Crippen LogP contribution in [0.15, 0.2) is 11.6 Å². The number of carbonyl (C=O) groups is 2. The highest BCUT2D eigenvalue weighted by Crippen LogP contribution is 2.11. The highest BCUT2D eigenvalue weighted by molar-refractivity contribution is 7.11. The number of piperazine rings is 1. The topological polar surface area (TPSA) is 62.7 Å². The van der Waals surface area contributed by atoms with Crippen LogP contribution >= 0.6 is 11.3 Å². The fraction of sp³-hybridized carbons (Fsp3) is 0.545. The SMILES string of the molecule is CCOC(=O)N1CCN(C(=O)c2nccs2)CC1. The second-order valence-corrected chi connectivity index (χ2v) is 4.71. The number of rotatable bonds is 2. The molecule has 1 aliphatic rings. The van der Waals surface area contributed by atoms with E-state index in [1.165, 1.54) is 11.3 Å². The maximum atomic E-state index is 12.0. The molecular formula is C11H15N3O3S. The number of amides is 2. The predicted octanol–water partition coefficient (Wildman–Crippen LogP) is 1.06. The summed E-state index contributed by atoms with van der Waals surface area (Å²) >= 11 is 1.33. The first-order valence-electron chi connectivity index (χ1n) is 5.83. The van der Waals surface area contributed by atoms with Crippen molar-refractivity contribution in [2.75, 3.05) is 32.8 Å². The summed E-state index contributed by atoms with van der Waals surface area (Å²) in [6, 6.07) is 0. The van der Waals surface area contributed by atoms with Gasteiger partial charge in [-0.05, 0) is 6.92 Å². The van der Waals surface area contributed by atoms with Crippen LogP contribution < -0.4 is 0 Å². The molecule has 0 atom stereocenters. The monoisotopic (exact) mass is 269 g/mol. The highest BCUT2D eigenvalue weighted by atomic mass is 32.1. The van der Waals surface area contributed by atoms with E-state index in [0.29, 0.717) is 37.8 Å². The van der Waals surface area contributed by atoms with Crippen LogP contribution in [0.3, 0.4) is 0 Å². The molecule has 2 heterocycles. The molecule has 0 aromatic carbocycles. The van der Waals surface area contributed by atoms with Crippen LogP contribution in [0.25, 0.3) is 0 Å². The Morgan fingerprint density at radius 3 is 2.56 bits per heavy atom. The van der Waals surface area contributed by atoms with Gasteiger partial charge in [0.2, 0.25) is 0 Å². The molecule has 1 fully saturated rings. The van der Waals surface area contributed by atoms with E-state index in [1.54, 1.807) is 28.3 Å². The third-order valence-corrected chi connectivity index (χ3v) is 3.47. The highest BCUT2D eigenvalue weighted by Gasteiger charge is 2.26. The van der Waals surface area contributed by atoms with Gasteiger partial charge >= 0.3 is 6.09 Å². The lowest BCUT2D eigenvalue weighted by atomic mass is 10.3. The Morgan fingerprint density at radius 2 is 2.00 bits per heavy atom. The van der Waals surface area contributed by atoms with Crippen molar-refractivity contribution in [2.45, 2.75) is 6.92 Å². The molecule has 98 valence electrons. The average molecular weight is 269 g/mol. The Kier molecular flexibility index (Phi) is 4.14. The average Bonchev–Trinajstić information content (AvgIpc) is 2.92. The zero-order valence-electron chi connectivity index (χ0n) is 10.2. The molecule has 0 N–H and O–H groups in total. The number of aromatic nitrogens is 1. The molecule has 2 amide bonds. The smallest absolute Gasteiger partial charge is 0.409 e. The fourth-order valence-corrected chi connectivity index (χ4v) is 2.37. The van der Waals surface area contributed by atoms with Gasteiger partial charge in [-0.1, -0.05) is 0 Å². The second kappa shape index (κ2) is 5.81. The van der Waals surface area contributed by atoms with Crippen LogP contribution in [-0.4, -0.2) is 59.6 Å². The van der Waals surface area contributed by atoms with Crippen molar-refractivity contribution in [1.29, 1.82) is 0 Å². The Balaban J connectivity index is 1.87. The standard InChI is InChI=1S/C11H15N3O3S/c1-2-17-11(16)14-6-4-13(5-7-14)10(15)9-12-3-8-18-9/h3,8H,2,4-7H2,1H3. The summed E-state index contributed by atoms with van der Waals surface area (Å²) in [5.74, 6) is -0.0616. The molecule has 7 heteroatoms. The Bertz CT molecular complexity index is 413. The zero-order chi connectivity index (χ0) is 13.0.